The third kappa shape index (κ3) is 4.83. The highest BCUT2D eigenvalue weighted by Crippen LogP contribution is 2.36. The molecule has 7 heteroatoms. The van der Waals surface area contributed by atoms with E-state index >= 15 is 0 Å². The van der Waals surface area contributed by atoms with Crippen LogP contribution in [0.2, 0.25) is 0 Å². The number of hydrogen-bond acceptors (Lipinski definition) is 6. The Kier molecular flexibility index (Phi) is 6.73. The van der Waals surface area contributed by atoms with Crippen molar-refractivity contribution in [3.05, 3.63) is 65.4 Å². The highest BCUT2D eigenvalue weighted by atomic mass is 32.1. The zero-order chi connectivity index (χ0) is 21.7. The molecule has 0 radical (unpaired) electrons. The first kappa shape index (κ1) is 21.6. The standard InChI is InChI=1S/C24H29N3O3S/c1-3-30-22(28)24(16-19-7-4-9-21(15-19)29-2)10-6-12-26(18-24)17-20-8-5-13-27(20)23-25-11-14-31-23/h4-5,7-9,11,13-15H,3,6,10,12,16-18H2,1-2H3. The van der Waals surface area contributed by atoms with E-state index in [-0.39, 0.29) is 5.97 Å². The minimum atomic E-state index is -0.556. The van der Waals surface area contributed by atoms with Crippen LogP contribution in [0.3, 0.4) is 0 Å². The molecule has 1 atom stereocenters. The number of rotatable bonds is 8. The number of piperidine rings is 1. The number of carbonyl (C=O) groups is 1. The number of benzene rings is 1. The molecular formula is C24H29N3O3S. The highest BCUT2D eigenvalue weighted by molar-refractivity contribution is 7.12. The van der Waals surface area contributed by atoms with Gasteiger partial charge < -0.3 is 9.47 Å². The third-order valence-corrected chi connectivity index (χ3v) is 6.66. The van der Waals surface area contributed by atoms with E-state index in [1.165, 1.54) is 5.69 Å². The normalized spacial score (nSPS) is 19.3. The first-order chi connectivity index (χ1) is 15.1. The van der Waals surface area contributed by atoms with Crippen LogP contribution in [0, 0.1) is 5.41 Å². The Morgan fingerprint density at radius 2 is 2.19 bits per heavy atom. The molecule has 4 rings (SSSR count). The smallest absolute Gasteiger partial charge is 0.313 e. The Balaban J connectivity index is 1.57. The largest absolute Gasteiger partial charge is 0.497 e. The number of hydrogen-bond donors (Lipinski definition) is 0. The van der Waals surface area contributed by atoms with E-state index in [0.29, 0.717) is 19.6 Å². The second-order valence-corrected chi connectivity index (χ2v) is 8.90. The Labute approximate surface area is 187 Å². The lowest BCUT2D eigenvalue weighted by Crippen LogP contribution is -2.49. The lowest BCUT2D eigenvalue weighted by Gasteiger charge is -2.41. The van der Waals surface area contributed by atoms with Gasteiger partial charge in [-0.3, -0.25) is 14.3 Å². The summed E-state index contributed by atoms with van der Waals surface area (Å²) in [6.45, 7) is 4.67. The fourth-order valence-corrected chi connectivity index (χ4v) is 5.16. The lowest BCUT2D eigenvalue weighted by atomic mass is 9.75. The van der Waals surface area contributed by atoms with Crippen LogP contribution in [0.4, 0.5) is 0 Å². The van der Waals surface area contributed by atoms with Gasteiger partial charge >= 0.3 is 5.97 Å². The fourth-order valence-electron chi connectivity index (χ4n) is 4.50. The number of nitrogens with zero attached hydrogens (tertiary/aromatic N) is 3. The van der Waals surface area contributed by atoms with Crippen LogP contribution in [0.15, 0.2) is 54.2 Å². The summed E-state index contributed by atoms with van der Waals surface area (Å²) in [5, 5.41) is 2.95. The zero-order valence-corrected chi connectivity index (χ0v) is 18.9. The van der Waals surface area contributed by atoms with Crippen molar-refractivity contribution in [3.63, 3.8) is 0 Å². The molecule has 0 bridgehead atoms. The molecule has 1 aromatic carbocycles. The van der Waals surface area contributed by atoms with Crippen molar-refractivity contribution in [1.29, 1.82) is 0 Å². The SMILES string of the molecule is CCOC(=O)C1(Cc2cccc(OC)c2)CCCN(Cc2cccn2-c2nccs2)C1. The molecule has 1 unspecified atom stereocenters. The molecule has 0 amide bonds. The van der Waals surface area contributed by atoms with Crippen LogP contribution < -0.4 is 4.74 Å². The van der Waals surface area contributed by atoms with E-state index in [4.69, 9.17) is 9.47 Å². The second-order valence-electron chi connectivity index (χ2n) is 8.03. The predicted molar refractivity (Wildman–Crippen MR) is 122 cm³/mol. The van der Waals surface area contributed by atoms with Crippen molar-refractivity contribution in [1.82, 2.24) is 14.5 Å². The molecule has 3 aromatic rings. The summed E-state index contributed by atoms with van der Waals surface area (Å²) in [6, 6.07) is 12.2. The van der Waals surface area contributed by atoms with Gasteiger partial charge in [-0.15, -0.1) is 11.3 Å². The molecule has 3 heterocycles. The molecule has 0 saturated carbocycles. The van der Waals surface area contributed by atoms with Crippen molar-refractivity contribution in [2.24, 2.45) is 5.41 Å². The Hall–Kier alpha value is -2.64. The van der Waals surface area contributed by atoms with Crippen molar-refractivity contribution in [2.45, 2.75) is 32.7 Å². The van der Waals surface area contributed by atoms with Crippen molar-refractivity contribution < 1.29 is 14.3 Å². The zero-order valence-electron chi connectivity index (χ0n) is 18.1. The number of esters is 1. The monoisotopic (exact) mass is 439 g/mol. The van der Waals surface area contributed by atoms with E-state index < -0.39 is 5.41 Å². The lowest BCUT2D eigenvalue weighted by molar-refractivity contribution is -0.159. The minimum absolute atomic E-state index is 0.0992. The molecule has 0 spiro atoms. The molecule has 0 N–H and O–H groups in total. The van der Waals surface area contributed by atoms with Gasteiger partial charge in [0.05, 0.1) is 19.1 Å². The van der Waals surface area contributed by atoms with Gasteiger partial charge in [0.2, 0.25) is 0 Å². The van der Waals surface area contributed by atoms with Crippen LogP contribution in [0.25, 0.3) is 5.13 Å². The number of methoxy groups -OCH3 is 1. The Morgan fingerprint density at radius 3 is 2.97 bits per heavy atom. The van der Waals surface area contributed by atoms with Crippen molar-refractivity contribution in [3.8, 4) is 10.9 Å². The molecule has 2 aromatic heterocycles. The fraction of sp³-hybridized carbons (Fsp3) is 0.417. The van der Waals surface area contributed by atoms with Crippen LogP contribution in [0.1, 0.15) is 31.0 Å². The van der Waals surface area contributed by atoms with Gasteiger partial charge in [0.25, 0.3) is 0 Å². The molecule has 1 aliphatic rings. The molecule has 1 aliphatic heterocycles. The van der Waals surface area contributed by atoms with Crippen LogP contribution in [-0.2, 0) is 22.5 Å². The molecule has 164 valence electrons. The molecule has 0 aliphatic carbocycles. The summed E-state index contributed by atoms with van der Waals surface area (Å²) < 4.78 is 13.1. The summed E-state index contributed by atoms with van der Waals surface area (Å²) in [6.07, 6.45) is 6.30. The van der Waals surface area contributed by atoms with Crippen LogP contribution in [-0.4, -0.2) is 47.2 Å². The number of ether oxygens (including phenoxy) is 2. The quantitative estimate of drug-likeness (QED) is 0.489. The number of carbonyl (C=O) groups excluding carboxylic acids is 1. The second kappa shape index (κ2) is 9.66. The summed E-state index contributed by atoms with van der Waals surface area (Å²) in [5.41, 5.74) is 1.72. The summed E-state index contributed by atoms with van der Waals surface area (Å²) >= 11 is 1.62. The maximum absolute atomic E-state index is 13.2. The predicted octanol–water partition coefficient (Wildman–Crippen LogP) is 4.33. The van der Waals surface area contributed by atoms with Crippen molar-refractivity contribution >= 4 is 17.3 Å². The van der Waals surface area contributed by atoms with Gasteiger partial charge in [0.15, 0.2) is 5.13 Å². The maximum Gasteiger partial charge on any atom is 0.313 e. The highest BCUT2D eigenvalue weighted by Gasteiger charge is 2.43. The molecule has 6 nitrogen and oxygen atoms in total. The number of aromatic nitrogens is 2. The Bertz CT molecular complexity index is 1000. The van der Waals surface area contributed by atoms with E-state index in [9.17, 15) is 4.79 Å². The molecule has 1 fully saturated rings. The van der Waals surface area contributed by atoms with E-state index in [0.717, 1.165) is 42.4 Å². The number of likely N-dealkylation sites (tertiary alicyclic amines) is 1. The first-order valence-electron chi connectivity index (χ1n) is 10.7. The van der Waals surface area contributed by atoms with Gasteiger partial charge in [-0.2, -0.15) is 0 Å². The van der Waals surface area contributed by atoms with Gasteiger partial charge in [-0.05, 0) is 62.6 Å². The summed E-state index contributed by atoms with van der Waals surface area (Å²) in [5.74, 6) is 0.711. The van der Waals surface area contributed by atoms with Crippen LogP contribution >= 0.6 is 11.3 Å². The molecule has 1 saturated heterocycles. The topological polar surface area (TPSA) is 56.6 Å². The first-order valence-corrected chi connectivity index (χ1v) is 11.6. The van der Waals surface area contributed by atoms with Gasteiger partial charge in [0, 0.05) is 36.6 Å². The minimum Gasteiger partial charge on any atom is -0.497 e. The van der Waals surface area contributed by atoms with E-state index in [2.05, 4.69) is 32.7 Å². The molecular weight excluding hydrogens is 410 g/mol. The Morgan fingerprint density at radius 1 is 1.29 bits per heavy atom. The summed E-state index contributed by atoms with van der Waals surface area (Å²) in [7, 11) is 1.67. The maximum atomic E-state index is 13.2. The van der Waals surface area contributed by atoms with Gasteiger partial charge in [-0.1, -0.05) is 12.1 Å². The molecule has 31 heavy (non-hydrogen) atoms. The number of thiazole rings is 1. The van der Waals surface area contributed by atoms with Gasteiger partial charge in [0.1, 0.15) is 5.75 Å². The third-order valence-electron chi connectivity index (χ3n) is 5.89. The average Bonchev–Trinajstić information content (AvgIpc) is 3.46. The van der Waals surface area contributed by atoms with E-state index in [1.54, 1.807) is 18.4 Å². The van der Waals surface area contributed by atoms with Gasteiger partial charge in [-0.25, -0.2) is 4.98 Å². The average molecular weight is 440 g/mol. The van der Waals surface area contributed by atoms with Crippen molar-refractivity contribution in [2.75, 3.05) is 26.8 Å². The summed E-state index contributed by atoms with van der Waals surface area (Å²) in [4.78, 5) is 20.0. The van der Waals surface area contributed by atoms with Crippen LogP contribution in [0.5, 0.6) is 5.75 Å². The van der Waals surface area contributed by atoms with E-state index in [1.807, 2.05) is 42.9 Å².